The Morgan fingerprint density at radius 3 is 2.60 bits per heavy atom. The van der Waals surface area contributed by atoms with Crippen LogP contribution in [0.5, 0.6) is 0 Å². The molecule has 1 saturated heterocycles. The Labute approximate surface area is 151 Å². The number of hydrogen-bond acceptors (Lipinski definition) is 4. The number of alkyl carbamates (subject to hydrolysis) is 1. The van der Waals surface area contributed by atoms with E-state index in [2.05, 4.69) is 10.4 Å². The summed E-state index contributed by atoms with van der Waals surface area (Å²) in [4.78, 5) is 24.9. The Morgan fingerprint density at radius 1 is 1.40 bits per heavy atom. The van der Waals surface area contributed by atoms with Crippen LogP contribution in [0.4, 0.5) is 9.59 Å². The molecule has 1 atom stereocenters. The van der Waals surface area contributed by atoms with Gasteiger partial charge in [-0.25, -0.2) is 9.59 Å². The third-order valence-corrected chi connectivity index (χ3v) is 5.17. The maximum absolute atomic E-state index is 12.3. The van der Waals surface area contributed by atoms with Gasteiger partial charge in [-0.3, -0.25) is 4.68 Å². The van der Waals surface area contributed by atoms with Gasteiger partial charge < -0.3 is 20.1 Å². The van der Waals surface area contributed by atoms with Crippen molar-refractivity contribution in [2.75, 3.05) is 13.1 Å². The van der Waals surface area contributed by atoms with Crippen LogP contribution in [0.2, 0.25) is 5.02 Å². The first-order valence-electron chi connectivity index (χ1n) is 8.30. The van der Waals surface area contributed by atoms with E-state index in [1.807, 2.05) is 0 Å². The van der Waals surface area contributed by atoms with Crippen LogP contribution in [0, 0.1) is 5.41 Å². The van der Waals surface area contributed by atoms with E-state index < -0.39 is 17.8 Å². The number of halogens is 1. The van der Waals surface area contributed by atoms with Gasteiger partial charge in [0.25, 0.3) is 0 Å². The Kier molecular flexibility index (Phi) is 4.35. The zero-order valence-corrected chi connectivity index (χ0v) is 15.3. The molecule has 1 aromatic rings. The first kappa shape index (κ1) is 17.8. The average Bonchev–Trinajstić information content (AvgIpc) is 2.97. The smallest absolute Gasteiger partial charge is 0.408 e. The summed E-state index contributed by atoms with van der Waals surface area (Å²) in [6, 6.07) is -0.353. The number of nitrogens with zero attached hydrogens (tertiary/aromatic N) is 3. The van der Waals surface area contributed by atoms with Crippen LogP contribution < -0.4 is 5.32 Å². The van der Waals surface area contributed by atoms with E-state index in [9.17, 15) is 14.7 Å². The highest BCUT2D eigenvalue weighted by molar-refractivity contribution is 6.31. The number of carbonyl (C=O) groups excluding carboxylic acids is 1. The van der Waals surface area contributed by atoms with Crippen LogP contribution in [-0.4, -0.2) is 50.7 Å². The molecule has 8 nitrogen and oxygen atoms in total. The van der Waals surface area contributed by atoms with Gasteiger partial charge in [-0.15, -0.1) is 0 Å². The second kappa shape index (κ2) is 6.09. The molecule has 3 rings (SSSR count). The largest absolute Gasteiger partial charge is 0.465 e. The van der Waals surface area contributed by atoms with Crippen molar-refractivity contribution in [3.8, 4) is 0 Å². The average molecular weight is 371 g/mol. The van der Waals surface area contributed by atoms with Gasteiger partial charge in [-0.2, -0.15) is 5.10 Å². The van der Waals surface area contributed by atoms with Crippen LogP contribution >= 0.6 is 11.6 Å². The van der Waals surface area contributed by atoms with Gasteiger partial charge in [-0.05, 0) is 33.6 Å². The summed E-state index contributed by atoms with van der Waals surface area (Å²) in [7, 11) is 0. The Bertz CT molecular complexity index is 689. The lowest BCUT2D eigenvalue weighted by Crippen LogP contribution is -2.48. The lowest BCUT2D eigenvalue weighted by molar-refractivity contribution is 0.0333. The van der Waals surface area contributed by atoms with Gasteiger partial charge in [0.15, 0.2) is 0 Å². The third kappa shape index (κ3) is 3.40. The molecule has 0 aromatic carbocycles. The molecule has 0 saturated carbocycles. The van der Waals surface area contributed by atoms with Gasteiger partial charge in [0.2, 0.25) is 0 Å². The van der Waals surface area contributed by atoms with Crippen molar-refractivity contribution in [2.45, 2.75) is 51.8 Å². The van der Waals surface area contributed by atoms with Crippen molar-refractivity contribution >= 4 is 23.8 Å². The quantitative estimate of drug-likeness (QED) is 0.792. The second-order valence-corrected chi connectivity index (χ2v) is 8.15. The first-order valence-corrected chi connectivity index (χ1v) is 8.68. The molecule has 138 valence electrons. The molecule has 2 amide bonds. The number of amides is 2. The van der Waals surface area contributed by atoms with Crippen molar-refractivity contribution in [1.29, 1.82) is 0 Å². The van der Waals surface area contributed by atoms with Gasteiger partial charge in [0.1, 0.15) is 5.60 Å². The molecule has 9 heteroatoms. The van der Waals surface area contributed by atoms with E-state index in [0.29, 0.717) is 37.5 Å². The second-order valence-electron chi connectivity index (χ2n) is 7.75. The van der Waals surface area contributed by atoms with E-state index in [1.165, 1.54) is 4.90 Å². The number of fused-ring (bicyclic) bond motifs is 1. The monoisotopic (exact) mass is 370 g/mol. The SMILES string of the molecule is CC(C)(C)OC(=O)N[C@@H]1c2c(Cl)cnn2CC12CCN(C(=O)O)CC2. The molecule has 2 N–H and O–H groups in total. The lowest BCUT2D eigenvalue weighted by Gasteiger charge is -2.41. The fraction of sp³-hybridized carbons (Fsp3) is 0.688. The number of piperidine rings is 1. The van der Waals surface area contributed by atoms with Crippen molar-refractivity contribution in [2.24, 2.45) is 5.41 Å². The van der Waals surface area contributed by atoms with Crippen LogP contribution in [0.15, 0.2) is 6.20 Å². The highest BCUT2D eigenvalue weighted by Gasteiger charge is 2.51. The number of aromatic nitrogens is 2. The molecule has 2 aliphatic heterocycles. The number of rotatable bonds is 1. The van der Waals surface area contributed by atoms with E-state index in [0.717, 1.165) is 5.69 Å². The fourth-order valence-electron chi connectivity index (χ4n) is 3.70. The van der Waals surface area contributed by atoms with Gasteiger partial charge >= 0.3 is 12.2 Å². The third-order valence-electron chi connectivity index (χ3n) is 4.87. The summed E-state index contributed by atoms with van der Waals surface area (Å²) in [5, 5.41) is 16.9. The predicted molar refractivity (Wildman–Crippen MR) is 90.6 cm³/mol. The molecule has 25 heavy (non-hydrogen) atoms. The number of carbonyl (C=O) groups is 2. The summed E-state index contributed by atoms with van der Waals surface area (Å²) >= 11 is 6.30. The minimum atomic E-state index is -0.916. The molecule has 0 aliphatic carbocycles. The maximum atomic E-state index is 12.3. The molecule has 1 aromatic heterocycles. The Balaban J connectivity index is 1.84. The van der Waals surface area contributed by atoms with Crippen molar-refractivity contribution < 1.29 is 19.4 Å². The zero-order valence-electron chi connectivity index (χ0n) is 14.6. The Hall–Kier alpha value is -1.96. The Morgan fingerprint density at radius 2 is 2.04 bits per heavy atom. The summed E-state index contributed by atoms with van der Waals surface area (Å²) in [6.45, 7) is 6.86. The molecule has 1 fully saturated rings. The minimum absolute atomic E-state index is 0.309. The molecule has 0 bridgehead atoms. The topological polar surface area (TPSA) is 96.7 Å². The fourth-order valence-corrected chi connectivity index (χ4v) is 3.95. The van der Waals surface area contributed by atoms with Crippen LogP contribution in [0.25, 0.3) is 0 Å². The number of nitrogens with one attached hydrogen (secondary N) is 1. The molecule has 0 unspecified atom stereocenters. The molecule has 1 spiro atoms. The number of carboxylic acid groups (broad SMARTS) is 1. The maximum Gasteiger partial charge on any atom is 0.408 e. The van der Waals surface area contributed by atoms with Crippen molar-refractivity contribution in [3.63, 3.8) is 0 Å². The minimum Gasteiger partial charge on any atom is -0.465 e. The summed E-state index contributed by atoms with van der Waals surface area (Å²) in [5.41, 5.74) is -0.154. The number of likely N-dealkylation sites (tertiary alicyclic amines) is 1. The normalized spacial score (nSPS) is 21.9. The summed E-state index contributed by atoms with van der Waals surface area (Å²) < 4.78 is 7.20. The first-order chi connectivity index (χ1) is 11.6. The van der Waals surface area contributed by atoms with Crippen molar-refractivity contribution in [3.05, 3.63) is 16.9 Å². The molecule has 3 heterocycles. The van der Waals surface area contributed by atoms with Crippen molar-refractivity contribution in [1.82, 2.24) is 20.0 Å². The number of hydrogen-bond donors (Lipinski definition) is 2. The van der Waals surface area contributed by atoms with E-state index in [1.54, 1.807) is 31.6 Å². The molecular formula is C16H23ClN4O4. The summed E-state index contributed by atoms with van der Waals surface area (Å²) in [5.74, 6) is 0. The predicted octanol–water partition coefficient (Wildman–Crippen LogP) is 2.88. The molecule has 0 radical (unpaired) electrons. The van der Waals surface area contributed by atoms with Crippen LogP contribution in [0.1, 0.15) is 45.3 Å². The molecular weight excluding hydrogens is 348 g/mol. The van der Waals surface area contributed by atoms with E-state index in [-0.39, 0.29) is 11.5 Å². The van der Waals surface area contributed by atoms with Crippen LogP contribution in [-0.2, 0) is 11.3 Å². The van der Waals surface area contributed by atoms with Gasteiger partial charge in [-0.1, -0.05) is 11.6 Å². The number of ether oxygens (including phenoxy) is 1. The zero-order chi connectivity index (χ0) is 18.4. The van der Waals surface area contributed by atoms with E-state index >= 15 is 0 Å². The molecule has 2 aliphatic rings. The van der Waals surface area contributed by atoms with Crippen LogP contribution in [0.3, 0.4) is 0 Å². The highest BCUT2D eigenvalue weighted by atomic mass is 35.5. The standard InChI is InChI=1S/C16H23ClN4O4/c1-15(2,3)25-13(22)19-12-11-10(17)8-18-21(11)9-16(12)4-6-20(7-5-16)14(23)24/h8,12H,4-7,9H2,1-3H3,(H,19,22)(H,23,24)/t12-/m1/s1. The summed E-state index contributed by atoms with van der Waals surface area (Å²) in [6.07, 6.45) is 1.39. The van der Waals surface area contributed by atoms with E-state index in [4.69, 9.17) is 16.3 Å². The lowest BCUT2D eigenvalue weighted by atomic mass is 9.73. The van der Waals surface area contributed by atoms with Gasteiger partial charge in [0, 0.05) is 25.0 Å². The highest BCUT2D eigenvalue weighted by Crippen LogP contribution is 2.50. The van der Waals surface area contributed by atoms with Gasteiger partial charge in [0.05, 0.1) is 23.0 Å².